The second-order valence-corrected chi connectivity index (χ2v) is 9.31. The summed E-state index contributed by atoms with van der Waals surface area (Å²) in [5, 5.41) is 20.9. The lowest BCUT2D eigenvalue weighted by molar-refractivity contribution is 0.627. The highest BCUT2D eigenvalue weighted by Crippen LogP contribution is 2.18. The first kappa shape index (κ1) is 19.7. The third-order valence-electron chi connectivity index (χ3n) is 5.31. The highest BCUT2D eigenvalue weighted by atomic mass is 32.1. The average molecular weight is 446 g/mol. The van der Waals surface area contributed by atoms with Crippen molar-refractivity contribution in [2.45, 2.75) is 32.2 Å². The number of thiazole rings is 1. The number of aryl methyl sites for hydroxylation is 1. The second kappa shape index (κ2) is 8.46. The molecule has 0 amide bonds. The van der Waals surface area contributed by atoms with E-state index < -0.39 is 0 Å². The number of para-hydroxylation sites is 1. The van der Waals surface area contributed by atoms with E-state index in [0.717, 1.165) is 48.6 Å². The molecule has 31 heavy (non-hydrogen) atoms. The summed E-state index contributed by atoms with van der Waals surface area (Å²) in [6, 6.07) is 15.7. The van der Waals surface area contributed by atoms with Crippen LogP contribution in [0, 0.1) is 11.3 Å². The third kappa shape index (κ3) is 3.67. The first-order chi connectivity index (χ1) is 15.3. The Labute approximate surface area is 186 Å². The number of aromatic nitrogens is 4. The Morgan fingerprint density at radius 2 is 1.97 bits per heavy atom. The van der Waals surface area contributed by atoms with E-state index in [9.17, 15) is 10.1 Å². The summed E-state index contributed by atoms with van der Waals surface area (Å²) in [6.07, 6.45) is 6.00. The molecule has 6 nitrogen and oxygen atoms in total. The molecule has 3 aromatic heterocycles. The maximum Gasteiger partial charge on any atom is 0.273 e. The number of nitrogens with zero attached hydrogens (tertiary/aromatic N) is 5. The molecule has 0 N–H and O–H groups in total. The minimum Gasteiger partial charge on any atom is -0.310 e. The fourth-order valence-corrected chi connectivity index (χ4v) is 5.65. The van der Waals surface area contributed by atoms with Gasteiger partial charge in [0, 0.05) is 17.8 Å². The molecule has 0 aliphatic carbocycles. The van der Waals surface area contributed by atoms with Gasteiger partial charge < -0.3 is 4.57 Å². The van der Waals surface area contributed by atoms with Gasteiger partial charge in [-0.2, -0.15) is 5.26 Å². The SMILES string of the molecule is N#C/C(c1nnc2n1CCCCC2)=c1/s/c(=C\c2cccs2)c(=O)n1-c1ccccc1. The van der Waals surface area contributed by atoms with E-state index in [2.05, 4.69) is 16.3 Å². The summed E-state index contributed by atoms with van der Waals surface area (Å²) < 4.78 is 4.85. The van der Waals surface area contributed by atoms with Crippen molar-refractivity contribution in [1.82, 2.24) is 19.3 Å². The second-order valence-electron chi connectivity index (χ2n) is 7.30. The Kier molecular flexibility index (Phi) is 5.37. The zero-order valence-corrected chi connectivity index (χ0v) is 18.3. The molecule has 0 spiro atoms. The smallest absolute Gasteiger partial charge is 0.273 e. The van der Waals surface area contributed by atoms with Crippen molar-refractivity contribution in [2.24, 2.45) is 0 Å². The van der Waals surface area contributed by atoms with Crippen LogP contribution in [0.3, 0.4) is 0 Å². The van der Waals surface area contributed by atoms with Gasteiger partial charge in [0.1, 0.15) is 22.1 Å². The Bertz CT molecular complexity index is 1440. The molecular weight excluding hydrogens is 426 g/mol. The zero-order valence-electron chi connectivity index (χ0n) is 16.7. The van der Waals surface area contributed by atoms with Gasteiger partial charge in [-0.15, -0.1) is 32.9 Å². The minimum atomic E-state index is -0.136. The summed E-state index contributed by atoms with van der Waals surface area (Å²) in [5.41, 5.74) is 0.980. The standard InChI is InChI=1S/C23H19N5OS2/c24-15-18(21-26-25-20-11-5-2-6-12-27(20)21)23-28(16-8-3-1-4-9-16)22(29)19(31-23)14-17-10-7-13-30-17/h1,3-4,7-10,13-14H,2,5-6,11-12H2/b19-14-,23-18-. The Morgan fingerprint density at radius 1 is 1.10 bits per heavy atom. The number of fused-ring (bicyclic) bond motifs is 1. The molecule has 0 fully saturated rings. The van der Waals surface area contributed by atoms with Crippen LogP contribution in [0.2, 0.25) is 0 Å². The Hall–Kier alpha value is -3.28. The van der Waals surface area contributed by atoms with Crippen LogP contribution in [0.4, 0.5) is 0 Å². The van der Waals surface area contributed by atoms with Crippen molar-refractivity contribution < 1.29 is 0 Å². The molecule has 8 heteroatoms. The van der Waals surface area contributed by atoms with Gasteiger partial charge in [0.2, 0.25) is 0 Å². The van der Waals surface area contributed by atoms with Crippen molar-refractivity contribution in [1.29, 1.82) is 5.26 Å². The molecule has 0 saturated carbocycles. The van der Waals surface area contributed by atoms with Gasteiger partial charge in [-0.3, -0.25) is 9.36 Å². The lowest BCUT2D eigenvalue weighted by Gasteiger charge is -2.07. The molecule has 0 saturated heterocycles. The van der Waals surface area contributed by atoms with E-state index in [4.69, 9.17) is 0 Å². The van der Waals surface area contributed by atoms with Gasteiger partial charge in [-0.05, 0) is 42.5 Å². The first-order valence-electron chi connectivity index (χ1n) is 10.2. The van der Waals surface area contributed by atoms with E-state index in [1.54, 1.807) is 15.9 Å². The number of benzene rings is 1. The van der Waals surface area contributed by atoms with Crippen LogP contribution < -0.4 is 14.8 Å². The molecule has 4 aromatic rings. The molecule has 0 unspecified atom stereocenters. The fourth-order valence-electron chi connectivity index (χ4n) is 3.83. The van der Waals surface area contributed by atoms with Gasteiger partial charge >= 0.3 is 0 Å². The first-order valence-corrected chi connectivity index (χ1v) is 11.9. The maximum absolute atomic E-state index is 13.4. The molecule has 1 aliphatic heterocycles. The fraction of sp³-hybridized carbons (Fsp3) is 0.217. The number of hydrogen-bond acceptors (Lipinski definition) is 6. The molecule has 1 aromatic carbocycles. The molecule has 0 bridgehead atoms. The lowest BCUT2D eigenvalue weighted by atomic mass is 10.2. The van der Waals surface area contributed by atoms with E-state index in [1.165, 1.54) is 11.3 Å². The summed E-state index contributed by atoms with van der Waals surface area (Å²) in [4.78, 5) is 14.4. The maximum atomic E-state index is 13.4. The number of rotatable bonds is 3. The van der Waals surface area contributed by atoms with Crippen LogP contribution in [-0.2, 0) is 13.0 Å². The average Bonchev–Trinajstić information content (AvgIpc) is 3.47. The van der Waals surface area contributed by atoms with Crippen molar-refractivity contribution in [3.8, 4) is 11.8 Å². The molecule has 0 radical (unpaired) electrons. The number of hydrogen-bond donors (Lipinski definition) is 0. The van der Waals surface area contributed by atoms with E-state index in [0.29, 0.717) is 20.6 Å². The van der Waals surface area contributed by atoms with Crippen LogP contribution >= 0.6 is 22.7 Å². The van der Waals surface area contributed by atoms with Crippen LogP contribution in [0.25, 0.3) is 17.3 Å². The lowest BCUT2D eigenvalue weighted by Crippen LogP contribution is -2.31. The molecular formula is C23H19N5OS2. The van der Waals surface area contributed by atoms with Crippen molar-refractivity contribution in [3.63, 3.8) is 0 Å². The van der Waals surface area contributed by atoms with Gasteiger partial charge in [-0.25, -0.2) is 0 Å². The van der Waals surface area contributed by atoms with Gasteiger partial charge in [0.15, 0.2) is 5.82 Å². The highest BCUT2D eigenvalue weighted by Gasteiger charge is 2.21. The minimum absolute atomic E-state index is 0.136. The van der Waals surface area contributed by atoms with E-state index >= 15 is 0 Å². The predicted molar refractivity (Wildman–Crippen MR) is 123 cm³/mol. The Morgan fingerprint density at radius 3 is 2.74 bits per heavy atom. The van der Waals surface area contributed by atoms with Gasteiger partial charge in [0.25, 0.3) is 5.56 Å². The van der Waals surface area contributed by atoms with Crippen LogP contribution in [0.15, 0.2) is 52.6 Å². The largest absolute Gasteiger partial charge is 0.310 e. The molecule has 5 rings (SSSR count). The van der Waals surface area contributed by atoms with Crippen LogP contribution in [0.5, 0.6) is 0 Å². The van der Waals surface area contributed by atoms with Crippen molar-refractivity contribution >= 4 is 34.3 Å². The summed E-state index contributed by atoms with van der Waals surface area (Å²) in [5.74, 6) is 1.46. The van der Waals surface area contributed by atoms with Crippen LogP contribution in [-0.4, -0.2) is 19.3 Å². The van der Waals surface area contributed by atoms with Crippen molar-refractivity contribution in [2.75, 3.05) is 0 Å². The van der Waals surface area contributed by atoms with Crippen LogP contribution in [0.1, 0.15) is 35.8 Å². The molecule has 1 aliphatic rings. The highest BCUT2D eigenvalue weighted by molar-refractivity contribution is 7.11. The molecule has 0 atom stereocenters. The topological polar surface area (TPSA) is 76.5 Å². The quantitative estimate of drug-likeness (QED) is 0.486. The van der Waals surface area contributed by atoms with Crippen molar-refractivity contribution in [3.05, 3.63) is 83.9 Å². The molecule has 4 heterocycles. The Balaban J connectivity index is 1.84. The predicted octanol–water partition coefficient (Wildman–Crippen LogP) is 2.83. The number of nitriles is 1. The van der Waals surface area contributed by atoms with E-state index in [-0.39, 0.29) is 5.56 Å². The summed E-state index contributed by atoms with van der Waals surface area (Å²) in [7, 11) is 0. The number of thiophene rings is 1. The summed E-state index contributed by atoms with van der Waals surface area (Å²) in [6.45, 7) is 0.790. The monoisotopic (exact) mass is 445 g/mol. The van der Waals surface area contributed by atoms with Gasteiger partial charge in [-0.1, -0.05) is 30.7 Å². The van der Waals surface area contributed by atoms with E-state index in [1.807, 2.05) is 58.5 Å². The van der Waals surface area contributed by atoms with Gasteiger partial charge in [0.05, 0.1) is 10.2 Å². The third-order valence-corrected chi connectivity index (χ3v) is 7.23. The zero-order chi connectivity index (χ0) is 21.2. The normalized spacial score (nSPS) is 15.3. The summed E-state index contributed by atoms with van der Waals surface area (Å²) >= 11 is 2.90. The molecule has 154 valence electrons.